The van der Waals surface area contributed by atoms with E-state index in [1.165, 1.54) is 13.0 Å². The molecule has 0 saturated carbocycles. The molecule has 1 nitrogen and oxygen atoms in total. The van der Waals surface area contributed by atoms with E-state index < -0.39 is 0 Å². The van der Waals surface area contributed by atoms with Crippen LogP contribution in [0.15, 0.2) is 24.3 Å². The summed E-state index contributed by atoms with van der Waals surface area (Å²) < 4.78 is 0. The highest BCUT2D eigenvalue weighted by Gasteiger charge is 2.07. The molecule has 0 spiro atoms. The third-order valence-electron chi connectivity index (χ3n) is 1.78. The molecule has 0 bridgehead atoms. The molecular formula is C11H10Cl2O. The van der Waals surface area contributed by atoms with Crippen molar-refractivity contribution in [3.05, 3.63) is 39.9 Å². The highest BCUT2D eigenvalue weighted by atomic mass is 35.5. The fraction of sp³-hybridized carbons (Fsp3) is 0.182. The van der Waals surface area contributed by atoms with E-state index in [0.29, 0.717) is 10.0 Å². The van der Waals surface area contributed by atoms with Crippen molar-refractivity contribution in [3.63, 3.8) is 0 Å². The van der Waals surface area contributed by atoms with E-state index in [4.69, 9.17) is 23.2 Å². The Kier molecular flexibility index (Phi) is 3.73. The van der Waals surface area contributed by atoms with Crippen LogP contribution in [-0.4, -0.2) is 5.78 Å². The van der Waals surface area contributed by atoms with Gasteiger partial charge in [0.15, 0.2) is 5.78 Å². The number of rotatable bonds is 2. The fourth-order valence-electron chi connectivity index (χ4n) is 1.25. The van der Waals surface area contributed by atoms with Gasteiger partial charge < -0.3 is 0 Å². The molecule has 1 aromatic rings. The first-order chi connectivity index (χ1) is 6.52. The molecule has 0 heterocycles. The molecule has 0 N–H and O–H groups in total. The van der Waals surface area contributed by atoms with Gasteiger partial charge in [-0.05, 0) is 37.6 Å². The Balaban J connectivity index is 3.25. The Bertz CT molecular complexity index is 374. The lowest BCUT2D eigenvalue weighted by molar-refractivity contribution is -0.112. The van der Waals surface area contributed by atoms with Gasteiger partial charge in [-0.25, -0.2) is 0 Å². The van der Waals surface area contributed by atoms with Gasteiger partial charge in [0.05, 0.1) is 0 Å². The first-order valence-corrected chi connectivity index (χ1v) is 4.91. The van der Waals surface area contributed by atoms with Crippen LogP contribution in [0.25, 0.3) is 5.57 Å². The molecule has 3 heteroatoms. The van der Waals surface area contributed by atoms with Crippen LogP contribution < -0.4 is 0 Å². The normalized spacial score (nSPS) is 11.6. The largest absolute Gasteiger partial charge is 0.295 e. The maximum Gasteiger partial charge on any atom is 0.152 e. The summed E-state index contributed by atoms with van der Waals surface area (Å²) in [7, 11) is 0. The van der Waals surface area contributed by atoms with Gasteiger partial charge in [-0.15, -0.1) is 0 Å². The van der Waals surface area contributed by atoms with Gasteiger partial charge in [0.1, 0.15) is 0 Å². The molecule has 0 aliphatic rings. The monoisotopic (exact) mass is 228 g/mol. The van der Waals surface area contributed by atoms with Crippen LogP contribution in [-0.2, 0) is 4.79 Å². The molecule has 74 valence electrons. The lowest BCUT2D eigenvalue weighted by Gasteiger charge is -2.06. The SMILES string of the molecule is CC(=O)/C=C(/C)c1c(Cl)cccc1Cl. The van der Waals surface area contributed by atoms with Crippen molar-refractivity contribution in [3.8, 4) is 0 Å². The smallest absolute Gasteiger partial charge is 0.152 e. The second kappa shape index (κ2) is 4.63. The van der Waals surface area contributed by atoms with Crippen LogP contribution in [0.5, 0.6) is 0 Å². The Morgan fingerprint density at radius 3 is 2.14 bits per heavy atom. The summed E-state index contributed by atoms with van der Waals surface area (Å²) in [4.78, 5) is 10.9. The molecular weight excluding hydrogens is 219 g/mol. The van der Waals surface area contributed by atoms with E-state index in [2.05, 4.69) is 0 Å². The molecule has 14 heavy (non-hydrogen) atoms. The predicted octanol–water partition coefficient (Wildman–Crippen LogP) is 3.99. The first-order valence-electron chi connectivity index (χ1n) is 4.15. The van der Waals surface area contributed by atoms with E-state index in [1.54, 1.807) is 18.2 Å². The van der Waals surface area contributed by atoms with Gasteiger partial charge >= 0.3 is 0 Å². The summed E-state index contributed by atoms with van der Waals surface area (Å²) in [6.07, 6.45) is 1.52. The van der Waals surface area contributed by atoms with Gasteiger partial charge in [-0.1, -0.05) is 29.3 Å². The van der Waals surface area contributed by atoms with Crippen molar-refractivity contribution in [1.82, 2.24) is 0 Å². The van der Waals surface area contributed by atoms with Crippen molar-refractivity contribution < 1.29 is 4.79 Å². The zero-order valence-electron chi connectivity index (χ0n) is 7.97. The zero-order chi connectivity index (χ0) is 10.7. The summed E-state index contributed by atoms with van der Waals surface area (Å²) >= 11 is 11.9. The van der Waals surface area contributed by atoms with Crippen LogP contribution in [0.2, 0.25) is 10.0 Å². The molecule has 0 aliphatic heterocycles. The number of carbonyl (C=O) groups is 1. The maximum absolute atomic E-state index is 10.9. The van der Waals surface area contributed by atoms with E-state index in [0.717, 1.165) is 11.1 Å². The summed E-state index contributed by atoms with van der Waals surface area (Å²) in [5.74, 6) is -0.0153. The molecule has 0 fully saturated rings. The minimum Gasteiger partial charge on any atom is -0.295 e. The maximum atomic E-state index is 10.9. The molecule has 0 unspecified atom stereocenters. The predicted molar refractivity (Wildman–Crippen MR) is 60.8 cm³/mol. The molecule has 0 aliphatic carbocycles. The first kappa shape index (κ1) is 11.3. The third-order valence-corrected chi connectivity index (χ3v) is 2.41. The lowest BCUT2D eigenvalue weighted by atomic mass is 10.1. The van der Waals surface area contributed by atoms with Gasteiger partial charge in [-0.2, -0.15) is 0 Å². The van der Waals surface area contributed by atoms with Gasteiger partial charge in [0.2, 0.25) is 0 Å². The van der Waals surface area contributed by atoms with Gasteiger partial charge in [0.25, 0.3) is 0 Å². The summed E-state index contributed by atoms with van der Waals surface area (Å²) in [5, 5.41) is 1.13. The van der Waals surface area contributed by atoms with E-state index in [1.807, 2.05) is 6.92 Å². The number of benzene rings is 1. The summed E-state index contributed by atoms with van der Waals surface area (Å²) in [6, 6.07) is 5.27. The Labute approximate surface area is 93.3 Å². The Hall–Kier alpha value is -0.790. The van der Waals surface area contributed by atoms with Crippen LogP contribution in [0, 0.1) is 0 Å². The van der Waals surface area contributed by atoms with Crippen molar-refractivity contribution in [2.45, 2.75) is 13.8 Å². The lowest BCUT2D eigenvalue weighted by Crippen LogP contribution is -1.88. The van der Waals surface area contributed by atoms with Gasteiger partial charge in [0, 0.05) is 15.6 Å². The van der Waals surface area contributed by atoms with E-state index in [9.17, 15) is 4.79 Å². The number of allylic oxidation sites excluding steroid dienone is 2. The summed E-state index contributed by atoms with van der Waals surface area (Å²) in [6.45, 7) is 3.31. The standard InChI is InChI=1S/C11H10Cl2O/c1-7(6-8(2)14)11-9(12)4-3-5-10(11)13/h3-6H,1-2H3/b7-6-. The van der Waals surface area contributed by atoms with Crippen molar-refractivity contribution in [2.24, 2.45) is 0 Å². The zero-order valence-corrected chi connectivity index (χ0v) is 9.49. The van der Waals surface area contributed by atoms with E-state index in [-0.39, 0.29) is 5.78 Å². The number of carbonyl (C=O) groups excluding carboxylic acids is 1. The second-order valence-electron chi connectivity index (χ2n) is 3.03. The molecule has 0 aromatic heterocycles. The minimum absolute atomic E-state index is 0.0153. The van der Waals surface area contributed by atoms with Gasteiger partial charge in [-0.3, -0.25) is 4.79 Å². The molecule has 0 amide bonds. The molecule has 0 atom stereocenters. The van der Waals surface area contributed by atoms with Crippen molar-refractivity contribution in [2.75, 3.05) is 0 Å². The molecule has 1 aromatic carbocycles. The molecule has 0 saturated heterocycles. The van der Waals surface area contributed by atoms with Crippen molar-refractivity contribution in [1.29, 1.82) is 0 Å². The Morgan fingerprint density at radius 1 is 1.21 bits per heavy atom. The topological polar surface area (TPSA) is 17.1 Å². The number of hydrogen-bond acceptors (Lipinski definition) is 1. The van der Waals surface area contributed by atoms with Crippen LogP contribution >= 0.6 is 23.2 Å². The average molecular weight is 229 g/mol. The Morgan fingerprint density at radius 2 is 1.71 bits per heavy atom. The van der Waals surface area contributed by atoms with E-state index >= 15 is 0 Å². The fourth-order valence-corrected chi connectivity index (χ4v) is 1.95. The second-order valence-corrected chi connectivity index (χ2v) is 3.85. The molecule has 1 rings (SSSR count). The highest BCUT2D eigenvalue weighted by Crippen LogP contribution is 2.30. The van der Waals surface area contributed by atoms with Crippen LogP contribution in [0.1, 0.15) is 19.4 Å². The van der Waals surface area contributed by atoms with Crippen molar-refractivity contribution >= 4 is 34.6 Å². The summed E-state index contributed by atoms with van der Waals surface area (Å²) in [5.41, 5.74) is 1.51. The number of hydrogen-bond donors (Lipinski definition) is 0. The van der Waals surface area contributed by atoms with Crippen LogP contribution in [0.4, 0.5) is 0 Å². The van der Waals surface area contributed by atoms with Crippen LogP contribution in [0.3, 0.4) is 0 Å². The minimum atomic E-state index is -0.0153. The highest BCUT2D eigenvalue weighted by molar-refractivity contribution is 6.37. The number of halogens is 2. The average Bonchev–Trinajstić information content (AvgIpc) is 2.01. The quantitative estimate of drug-likeness (QED) is 0.701. The number of ketones is 1. The molecule has 0 radical (unpaired) electrons. The third kappa shape index (κ3) is 2.60.